The lowest BCUT2D eigenvalue weighted by Crippen LogP contribution is -2.16. The molecule has 1 amide bonds. The highest BCUT2D eigenvalue weighted by atomic mass is 16.3. The number of H-pyrrole nitrogens is 1. The monoisotopic (exact) mass is 439 g/mol. The highest BCUT2D eigenvalue weighted by Gasteiger charge is 2.18. The van der Waals surface area contributed by atoms with Gasteiger partial charge in [0.2, 0.25) is 0 Å². The van der Waals surface area contributed by atoms with Crippen LogP contribution in [0.15, 0.2) is 77.6 Å². The first-order chi connectivity index (χ1) is 16.0. The fourth-order valence-corrected chi connectivity index (χ4v) is 3.92. The third-order valence-electron chi connectivity index (χ3n) is 5.42. The summed E-state index contributed by atoms with van der Waals surface area (Å²) in [5.41, 5.74) is 2.92. The fraction of sp³-hybridized carbons (Fsp3) is 0.120. The Balaban J connectivity index is 1.44. The molecule has 5 aromatic rings. The zero-order valence-corrected chi connectivity index (χ0v) is 17.8. The van der Waals surface area contributed by atoms with Crippen LogP contribution in [0, 0.1) is 0 Å². The van der Waals surface area contributed by atoms with Gasteiger partial charge in [0.1, 0.15) is 0 Å². The van der Waals surface area contributed by atoms with E-state index in [0.29, 0.717) is 29.0 Å². The number of carbonyl (C=O) groups is 1. The first-order valence-corrected chi connectivity index (χ1v) is 10.5. The predicted molar refractivity (Wildman–Crippen MR) is 127 cm³/mol. The molecule has 2 heterocycles. The zero-order chi connectivity index (χ0) is 22.9. The summed E-state index contributed by atoms with van der Waals surface area (Å²) >= 11 is 0. The average molecular weight is 439 g/mol. The summed E-state index contributed by atoms with van der Waals surface area (Å²) in [6, 6.07) is 22.0. The Morgan fingerprint density at radius 3 is 2.39 bits per heavy atom. The lowest BCUT2D eigenvalue weighted by atomic mass is 10.0. The van der Waals surface area contributed by atoms with Crippen LogP contribution < -0.4 is 10.9 Å². The summed E-state index contributed by atoms with van der Waals surface area (Å²) in [7, 11) is 0. The minimum atomic E-state index is -0.589. The van der Waals surface area contributed by atoms with Gasteiger partial charge in [-0.2, -0.15) is 10.2 Å². The lowest BCUT2D eigenvalue weighted by Gasteiger charge is -2.07. The van der Waals surface area contributed by atoms with E-state index in [0.717, 1.165) is 21.9 Å². The van der Waals surface area contributed by atoms with E-state index in [-0.39, 0.29) is 11.5 Å². The van der Waals surface area contributed by atoms with Gasteiger partial charge in [0.25, 0.3) is 11.5 Å². The van der Waals surface area contributed by atoms with Crippen molar-refractivity contribution in [3.8, 4) is 11.3 Å². The number of aliphatic hydroxyl groups is 1. The van der Waals surface area contributed by atoms with Crippen molar-refractivity contribution in [1.82, 2.24) is 20.0 Å². The zero-order valence-electron chi connectivity index (χ0n) is 17.8. The second-order valence-electron chi connectivity index (χ2n) is 7.88. The molecule has 0 aliphatic heterocycles. The highest BCUT2D eigenvalue weighted by molar-refractivity contribution is 6.11. The number of amides is 1. The molecule has 8 heteroatoms. The molecule has 0 spiro atoms. The van der Waals surface area contributed by atoms with Gasteiger partial charge >= 0.3 is 0 Å². The summed E-state index contributed by atoms with van der Waals surface area (Å²) in [6.07, 6.45) is -0.589. The van der Waals surface area contributed by atoms with E-state index < -0.39 is 6.10 Å². The fourth-order valence-electron chi connectivity index (χ4n) is 3.92. The van der Waals surface area contributed by atoms with Gasteiger partial charge in [0, 0.05) is 22.0 Å². The number of para-hydroxylation sites is 1. The Labute approximate surface area is 188 Å². The van der Waals surface area contributed by atoms with Gasteiger partial charge in [-0.25, -0.2) is 5.10 Å². The molecule has 0 saturated carbocycles. The van der Waals surface area contributed by atoms with Crippen molar-refractivity contribution in [2.75, 3.05) is 5.32 Å². The molecule has 5 rings (SSSR count). The second kappa shape index (κ2) is 8.33. The molecular formula is C25H21N5O3. The van der Waals surface area contributed by atoms with E-state index in [4.69, 9.17) is 0 Å². The minimum Gasteiger partial charge on any atom is -0.391 e. The van der Waals surface area contributed by atoms with Crippen LogP contribution in [-0.2, 0) is 6.54 Å². The lowest BCUT2D eigenvalue weighted by molar-refractivity contribution is 0.102. The molecule has 0 aliphatic carbocycles. The summed E-state index contributed by atoms with van der Waals surface area (Å²) in [4.78, 5) is 25.0. The number of hydrogen-bond donors (Lipinski definition) is 3. The van der Waals surface area contributed by atoms with Gasteiger partial charge in [-0.05, 0) is 31.2 Å². The van der Waals surface area contributed by atoms with Crippen molar-refractivity contribution >= 4 is 33.3 Å². The van der Waals surface area contributed by atoms with E-state index in [1.165, 1.54) is 0 Å². The van der Waals surface area contributed by atoms with Crippen LogP contribution in [0.2, 0.25) is 0 Å². The molecule has 3 N–H and O–H groups in total. The molecule has 0 saturated heterocycles. The SMILES string of the molecule is CC(O)Cn1nc(C(=O)Nc2ccc(-c3n[nH]c(=O)c4ccccc34)cc2)c2ccccc21. The van der Waals surface area contributed by atoms with Crippen LogP contribution in [0.5, 0.6) is 0 Å². The van der Waals surface area contributed by atoms with Crippen LogP contribution in [0.1, 0.15) is 17.4 Å². The molecule has 164 valence electrons. The van der Waals surface area contributed by atoms with Crippen LogP contribution >= 0.6 is 0 Å². The van der Waals surface area contributed by atoms with Crippen LogP contribution in [0.3, 0.4) is 0 Å². The van der Waals surface area contributed by atoms with Gasteiger partial charge in [0.15, 0.2) is 5.69 Å². The number of benzene rings is 3. The van der Waals surface area contributed by atoms with Crippen LogP contribution in [0.4, 0.5) is 5.69 Å². The maximum absolute atomic E-state index is 13.0. The van der Waals surface area contributed by atoms with Crippen molar-refractivity contribution in [2.24, 2.45) is 0 Å². The van der Waals surface area contributed by atoms with Gasteiger partial charge in [0.05, 0.1) is 29.2 Å². The van der Waals surface area contributed by atoms with E-state index in [1.54, 1.807) is 29.8 Å². The average Bonchev–Trinajstić information content (AvgIpc) is 3.18. The second-order valence-corrected chi connectivity index (χ2v) is 7.88. The Morgan fingerprint density at radius 2 is 1.67 bits per heavy atom. The highest BCUT2D eigenvalue weighted by Crippen LogP contribution is 2.26. The molecule has 3 aromatic carbocycles. The Bertz CT molecular complexity index is 1530. The van der Waals surface area contributed by atoms with E-state index in [1.807, 2.05) is 54.6 Å². The van der Waals surface area contributed by atoms with Gasteiger partial charge in [-0.3, -0.25) is 14.3 Å². The number of anilines is 1. The molecule has 0 aliphatic rings. The van der Waals surface area contributed by atoms with Crippen molar-refractivity contribution in [2.45, 2.75) is 19.6 Å². The molecule has 0 fully saturated rings. The summed E-state index contributed by atoms with van der Waals surface area (Å²) < 4.78 is 1.64. The van der Waals surface area contributed by atoms with Gasteiger partial charge < -0.3 is 10.4 Å². The number of carbonyl (C=O) groups excluding carboxylic acids is 1. The molecule has 8 nitrogen and oxygen atoms in total. The predicted octanol–water partition coefficient (Wildman–Crippen LogP) is 3.57. The van der Waals surface area contributed by atoms with Crippen molar-refractivity contribution in [1.29, 1.82) is 0 Å². The minimum absolute atomic E-state index is 0.236. The van der Waals surface area contributed by atoms with E-state index >= 15 is 0 Å². The number of nitrogens with zero attached hydrogens (tertiary/aromatic N) is 3. The van der Waals surface area contributed by atoms with E-state index in [9.17, 15) is 14.7 Å². The number of aliphatic hydroxyl groups excluding tert-OH is 1. The molecule has 1 atom stereocenters. The number of aromatic nitrogens is 4. The smallest absolute Gasteiger partial charge is 0.276 e. The standard InChI is InChI=1S/C25H21N5O3/c1-15(31)14-30-21-9-5-4-8-20(21)23(29-30)25(33)26-17-12-10-16(11-13-17)22-18-6-2-3-7-19(18)24(32)28-27-22/h2-13,15,31H,14H2,1H3,(H,26,33)(H,28,32). The molecule has 33 heavy (non-hydrogen) atoms. The van der Waals surface area contributed by atoms with Crippen molar-refractivity contribution in [3.63, 3.8) is 0 Å². The number of aromatic amines is 1. The Morgan fingerprint density at radius 1 is 1.00 bits per heavy atom. The van der Waals surface area contributed by atoms with Gasteiger partial charge in [-0.1, -0.05) is 48.5 Å². The first kappa shape index (κ1) is 20.6. The number of hydrogen-bond acceptors (Lipinski definition) is 5. The number of nitrogens with one attached hydrogen (secondary N) is 2. The number of fused-ring (bicyclic) bond motifs is 2. The van der Waals surface area contributed by atoms with Crippen LogP contribution in [-0.4, -0.2) is 37.1 Å². The number of rotatable bonds is 5. The Hall–Kier alpha value is -4.30. The quantitative estimate of drug-likeness (QED) is 0.387. The summed E-state index contributed by atoms with van der Waals surface area (Å²) in [5.74, 6) is -0.337. The normalized spacial score (nSPS) is 12.2. The maximum Gasteiger partial charge on any atom is 0.276 e. The molecule has 0 radical (unpaired) electrons. The maximum atomic E-state index is 13.0. The van der Waals surface area contributed by atoms with E-state index in [2.05, 4.69) is 20.6 Å². The summed E-state index contributed by atoms with van der Waals surface area (Å²) in [5, 5.41) is 25.9. The Kier molecular flexibility index (Phi) is 5.20. The first-order valence-electron chi connectivity index (χ1n) is 10.5. The molecule has 1 unspecified atom stereocenters. The summed E-state index contributed by atoms with van der Waals surface area (Å²) in [6.45, 7) is 1.97. The third-order valence-corrected chi connectivity index (χ3v) is 5.42. The third kappa shape index (κ3) is 3.88. The molecular weight excluding hydrogens is 418 g/mol. The van der Waals surface area contributed by atoms with Gasteiger partial charge in [-0.15, -0.1) is 0 Å². The van der Waals surface area contributed by atoms with Crippen molar-refractivity contribution in [3.05, 3.63) is 88.8 Å². The van der Waals surface area contributed by atoms with Crippen LogP contribution in [0.25, 0.3) is 32.9 Å². The molecule has 2 aromatic heterocycles. The largest absolute Gasteiger partial charge is 0.391 e. The molecule has 0 bridgehead atoms. The van der Waals surface area contributed by atoms with Crippen molar-refractivity contribution < 1.29 is 9.90 Å². The topological polar surface area (TPSA) is 113 Å².